The molecule has 302 valence electrons. The van der Waals surface area contributed by atoms with E-state index in [1.807, 2.05) is 6.08 Å². The summed E-state index contributed by atoms with van der Waals surface area (Å²) in [5, 5.41) is 29.7. The average Bonchev–Trinajstić information content (AvgIpc) is 3.13. The summed E-state index contributed by atoms with van der Waals surface area (Å²) in [7, 11) is 0. The standard InChI is InChI=1S/C45H80O7/c1-3-5-7-9-11-12-13-14-15-16-17-18-19-20-21-22-23-25-31-37-45(50)52-43(39-46)40-51-44(49)38-32-36-42(48)35-30-27-26-29-34-41(47)33-28-24-10-8-6-4-2/h24,26-30,34-35,41-43,46-48H,3-23,25,31-33,36-40H2,1-2H3/b27-26+,28-24-,34-29+,35-30-/t41-,42-,43+/m1/s1. The molecule has 0 rings (SSSR count). The van der Waals surface area contributed by atoms with E-state index in [2.05, 4.69) is 19.9 Å². The molecule has 0 bridgehead atoms. The summed E-state index contributed by atoms with van der Waals surface area (Å²) in [5.74, 6) is -0.827. The number of rotatable bonds is 38. The maximum atomic E-state index is 12.2. The van der Waals surface area contributed by atoms with Gasteiger partial charge < -0.3 is 24.8 Å². The van der Waals surface area contributed by atoms with Crippen LogP contribution in [0.5, 0.6) is 0 Å². The molecule has 0 saturated heterocycles. The highest BCUT2D eigenvalue weighted by atomic mass is 16.6. The van der Waals surface area contributed by atoms with Crippen LogP contribution in [0.15, 0.2) is 48.6 Å². The Morgan fingerprint density at radius 2 is 1.00 bits per heavy atom. The number of aliphatic hydroxyl groups excluding tert-OH is 3. The molecule has 0 amide bonds. The third-order valence-electron chi connectivity index (χ3n) is 9.32. The second-order valence-electron chi connectivity index (χ2n) is 14.5. The van der Waals surface area contributed by atoms with E-state index in [0.717, 1.165) is 25.7 Å². The quantitative estimate of drug-likeness (QED) is 0.0251. The van der Waals surface area contributed by atoms with E-state index in [4.69, 9.17) is 9.47 Å². The molecule has 52 heavy (non-hydrogen) atoms. The lowest BCUT2D eigenvalue weighted by molar-refractivity contribution is -0.161. The van der Waals surface area contributed by atoms with Crippen molar-refractivity contribution in [1.82, 2.24) is 0 Å². The molecule has 0 aromatic heterocycles. The van der Waals surface area contributed by atoms with Crippen molar-refractivity contribution in [2.45, 2.75) is 212 Å². The summed E-state index contributed by atoms with van der Waals surface area (Å²) in [6, 6.07) is 0. The fourth-order valence-electron chi connectivity index (χ4n) is 5.98. The van der Waals surface area contributed by atoms with E-state index in [-0.39, 0.29) is 19.0 Å². The first-order valence-corrected chi connectivity index (χ1v) is 21.4. The molecule has 0 aromatic rings. The average molecular weight is 733 g/mol. The van der Waals surface area contributed by atoms with Crippen LogP contribution in [-0.2, 0) is 19.1 Å². The molecule has 3 N–H and O–H groups in total. The van der Waals surface area contributed by atoms with Crippen LogP contribution < -0.4 is 0 Å². The van der Waals surface area contributed by atoms with Crippen molar-refractivity contribution in [2.75, 3.05) is 13.2 Å². The van der Waals surface area contributed by atoms with Crippen molar-refractivity contribution in [3.8, 4) is 0 Å². The molecule has 0 saturated carbocycles. The maximum absolute atomic E-state index is 12.2. The molecule has 0 heterocycles. The summed E-state index contributed by atoms with van der Waals surface area (Å²) in [6.07, 6.45) is 43.8. The van der Waals surface area contributed by atoms with E-state index in [0.29, 0.717) is 25.7 Å². The molecule has 0 radical (unpaired) electrons. The topological polar surface area (TPSA) is 113 Å². The number of carbonyl (C=O) groups excluding carboxylic acids is 2. The van der Waals surface area contributed by atoms with Crippen molar-refractivity contribution < 1.29 is 34.4 Å². The first-order valence-electron chi connectivity index (χ1n) is 21.4. The van der Waals surface area contributed by atoms with Gasteiger partial charge in [0.2, 0.25) is 0 Å². The molecule has 0 aliphatic carbocycles. The molecule has 3 atom stereocenters. The minimum Gasteiger partial charge on any atom is -0.462 e. The highest BCUT2D eigenvalue weighted by Gasteiger charge is 2.16. The second-order valence-corrected chi connectivity index (χ2v) is 14.5. The zero-order chi connectivity index (χ0) is 38.2. The van der Waals surface area contributed by atoms with Crippen LogP contribution in [0.2, 0.25) is 0 Å². The summed E-state index contributed by atoms with van der Waals surface area (Å²) < 4.78 is 10.5. The minimum absolute atomic E-state index is 0.125. The van der Waals surface area contributed by atoms with Crippen LogP contribution in [0.4, 0.5) is 0 Å². The lowest BCUT2D eigenvalue weighted by Crippen LogP contribution is -2.28. The third kappa shape index (κ3) is 37.5. The Kier molecular flexibility index (Phi) is 38.3. The Labute approximate surface area is 319 Å². The molecule has 0 aliphatic rings. The van der Waals surface area contributed by atoms with E-state index in [1.165, 1.54) is 122 Å². The van der Waals surface area contributed by atoms with Crippen LogP contribution in [0.3, 0.4) is 0 Å². The van der Waals surface area contributed by atoms with E-state index in [9.17, 15) is 24.9 Å². The highest BCUT2D eigenvalue weighted by Crippen LogP contribution is 2.15. The molecule has 0 unspecified atom stereocenters. The molecular weight excluding hydrogens is 652 g/mol. The normalized spacial score (nSPS) is 13.9. The first-order chi connectivity index (χ1) is 25.4. The predicted octanol–water partition coefficient (Wildman–Crippen LogP) is 11.3. The summed E-state index contributed by atoms with van der Waals surface area (Å²) >= 11 is 0. The number of unbranched alkanes of at least 4 members (excludes halogenated alkanes) is 21. The van der Waals surface area contributed by atoms with Gasteiger partial charge in [0.1, 0.15) is 6.61 Å². The van der Waals surface area contributed by atoms with Gasteiger partial charge in [0.25, 0.3) is 0 Å². The Bertz CT molecular complexity index is 909. The third-order valence-corrected chi connectivity index (χ3v) is 9.32. The van der Waals surface area contributed by atoms with Crippen LogP contribution in [0, 0.1) is 0 Å². The fourth-order valence-corrected chi connectivity index (χ4v) is 5.98. The lowest BCUT2D eigenvalue weighted by Gasteiger charge is -2.16. The molecule has 0 fully saturated rings. The van der Waals surface area contributed by atoms with Crippen LogP contribution >= 0.6 is 0 Å². The smallest absolute Gasteiger partial charge is 0.306 e. The van der Waals surface area contributed by atoms with Crippen LogP contribution in [-0.4, -0.2) is 58.8 Å². The van der Waals surface area contributed by atoms with Gasteiger partial charge in [0.15, 0.2) is 6.10 Å². The van der Waals surface area contributed by atoms with Crippen LogP contribution in [0.25, 0.3) is 0 Å². The van der Waals surface area contributed by atoms with Crippen molar-refractivity contribution in [3.05, 3.63) is 48.6 Å². The van der Waals surface area contributed by atoms with Crippen LogP contribution in [0.1, 0.15) is 194 Å². The first kappa shape index (κ1) is 49.8. The van der Waals surface area contributed by atoms with Crippen molar-refractivity contribution in [1.29, 1.82) is 0 Å². The van der Waals surface area contributed by atoms with Gasteiger partial charge in [-0.3, -0.25) is 9.59 Å². The number of ether oxygens (including phenoxy) is 2. The lowest BCUT2D eigenvalue weighted by atomic mass is 10.0. The van der Waals surface area contributed by atoms with E-state index < -0.39 is 30.9 Å². The summed E-state index contributed by atoms with van der Waals surface area (Å²) in [6.45, 7) is 3.88. The number of allylic oxidation sites excluding steroid dienone is 5. The van der Waals surface area contributed by atoms with Gasteiger partial charge in [-0.15, -0.1) is 0 Å². The number of carbonyl (C=O) groups is 2. The van der Waals surface area contributed by atoms with Crippen molar-refractivity contribution in [2.24, 2.45) is 0 Å². The van der Waals surface area contributed by atoms with Gasteiger partial charge in [0, 0.05) is 12.8 Å². The van der Waals surface area contributed by atoms with E-state index >= 15 is 0 Å². The fraction of sp³-hybridized carbons (Fsp3) is 0.778. The Morgan fingerprint density at radius 3 is 1.52 bits per heavy atom. The zero-order valence-corrected chi connectivity index (χ0v) is 33.5. The SMILES string of the molecule is CCCCC/C=C\C[C@@H](O)/C=C/C=C/C=C\[C@@H](O)CCCC(=O)OC[C@H](CO)OC(=O)CCCCCCCCCCCCCCCCCCCCC. The molecule has 0 spiro atoms. The van der Waals surface area contributed by atoms with Gasteiger partial charge in [-0.05, 0) is 38.5 Å². The number of hydrogen-bond acceptors (Lipinski definition) is 7. The molecule has 7 heteroatoms. The van der Waals surface area contributed by atoms with Gasteiger partial charge in [-0.1, -0.05) is 191 Å². The molecular formula is C45H80O7. The van der Waals surface area contributed by atoms with Gasteiger partial charge in [-0.25, -0.2) is 0 Å². The Hall–Kier alpha value is -2.22. The largest absolute Gasteiger partial charge is 0.462 e. The van der Waals surface area contributed by atoms with Gasteiger partial charge in [0.05, 0.1) is 18.8 Å². The number of esters is 2. The Morgan fingerprint density at radius 1 is 0.538 bits per heavy atom. The monoisotopic (exact) mass is 733 g/mol. The Balaban J connectivity index is 3.76. The van der Waals surface area contributed by atoms with Gasteiger partial charge in [-0.2, -0.15) is 0 Å². The maximum Gasteiger partial charge on any atom is 0.306 e. The molecule has 7 nitrogen and oxygen atoms in total. The van der Waals surface area contributed by atoms with Crippen molar-refractivity contribution >= 4 is 11.9 Å². The van der Waals surface area contributed by atoms with Gasteiger partial charge >= 0.3 is 11.9 Å². The van der Waals surface area contributed by atoms with E-state index in [1.54, 1.807) is 36.5 Å². The molecule has 0 aromatic carbocycles. The molecule has 0 aliphatic heterocycles. The minimum atomic E-state index is -0.862. The summed E-state index contributed by atoms with van der Waals surface area (Å²) in [4.78, 5) is 24.3. The number of aliphatic hydroxyl groups is 3. The number of hydrogen-bond donors (Lipinski definition) is 3. The van der Waals surface area contributed by atoms with Crippen molar-refractivity contribution in [3.63, 3.8) is 0 Å². The second kappa shape index (κ2) is 40.0. The predicted molar refractivity (Wildman–Crippen MR) is 217 cm³/mol. The highest BCUT2D eigenvalue weighted by molar-refractivity contribution is 5.70. The zero-order valence-electron chi connectivity index (χ0n) is 33.5. The summed E-state index contributed by atoms with van der Waals surface area (Å²) in [5.41, 5.74) is 0.